The van der Waals surface area contributed by atoms with E-state index in [1.165, 1.54) is 38.5 Å². The maximum atomic E-state index is 9.55. The molecule has 0 bridgehead atoms. The molecule has 0 spiro atoms. The quantitative estimate of drug-likeness (QED) is 0.435. The first-order valence-corrected chi connectivity index (χ1v) is 9.99. The number of ether oxygens (including phenoxy) is 1. The van der Waals surface area contributed by atoms with E-state index in [-0.39, 0.29) is 0 Å². The van der Waals surface area contributed by atoms with Crippen molar-refractivity contribution in [1.29, 1.82) is 0 Å². The number of rotatable bonds is 9. The van der Waals surface area contributed by atoms with Gasteiger partial charge in [-0.2, -0.15) is 0 Å². The van der Waals surface area contributed by atoms with Crippen LogP contribution in [-0.4, -0.2) is 51.0 Å². The third-order valence-corrected chi connectivity index (χ3v) is 4.58. The molecule has 1 fully saturated rings. The second kappa shape index (κ2) is 12.6. The topological polar surface area (TPSA) is 113 Å². The summed E-state index contributed by atoms with van der Waals surface area (Å²) in [6.45, 7) is 1.86. The molecule has 29 heavy (non-hydrogen) atoms. The highest BCUT2D eigenvalue weighted by molar-refractivity contribution is 5.89. The Morgan fingerprint density at radius 2 is 1.86 bits per heavy atom. The van der Waals surface area contributed by atoms with Gasteiger partial charge in [-0.05, 0) is 44.4 Å². The average molecular weight is 403 g/mol. The summed E-state index contributed by atoms with van der Waals surface area (Å²) in [5.41, 5.74) is 1.08. The summed E-state index contributed by atoms with van der Waals surface area (Å²) >= 11 is 0. The van der Waals surface area contributed by atoms with Crippen molar-refractivity contribution in [3.05, 3.63) is 42.6 Å². The van der Waals surface area contributed by atoms with Crippen molar-refractivity contribution in [3.63, 3.8) is 0 Å². The molecule has 8 nitrogen and oxygen atoms in total. The number of unbranched alkanes of at least 4 members (excludes halogenated alkanes) is 1. The van der Waals surface area contributed by atoms with Gasteiger partial charge in [0.05, 0.1) is 12.1 Å². The molecule has 158 valence electrons. The van der Waals surface area contributed by atoms with Gasteiger partial charge in [0.15, 0.2) is 0 Å². The fourth-order valence-corrected chi connectivity index (χ4v) is 3.14. The Bertz CT molecular complexity index is 747. The Labute approximate surface area is 170 Å². The van der Waals surface area contributed by atoms with Gasteiger partial charge in [-0.3, -0.25) is 0 Å². The summed E-state index contributed by atoms with van der Waals surface area (Å²) in [6, 6.07) is 8.77. The van der Waals surface area contributed by atoms with Gasteiger partial charge in [0.2, 0.25) is 5.88 Å². The maximum absolute atomic E-state index is 9.55. The molecular formula is C21H29N3O5. The smallest absolute Gasteiger partial charge is 0.328 e. The SMILES string of the molecule is O=C(O)/C=C\C(=O)O.c1ccn2nc(OCCCCNC3CCCCC3)cc2c1. The first-order valence-electron chi connectivity index (χ1n) is 9.99. The van der Waals surface area contributed by atoms with Crippen molar-refractivity contribution in [2.45, 2.75) is 51.0 Å². The molecule has 0 unspecified atom stereocenters. The molecule has 0 aromatic carbocycles. The van der Waals surface area contributed by atoms with Crippen molar-refractivity contribution < 1.29 is 24.5 Å². The fourth-order valence-electron chi connectivity index (χ4n) is 3.14. The molecule has 3 N–H and O–H groups in total. The Balaban J connectivity index is 0.000000321. The predicted octanol–water partition coefficient (Wildman–Crippen LogP) is 3.13. The normalized spacial score (nSPS) is 14.5. The summed E-state index contributed by atoms with van der Waals surface area (Å²) < 4.78 is 7.57. The number of carbonyl (C=O) groups is 2. The van der Waals surface area contributed by atoms with Crippen LogP contribution >= 0.6 is 0 Å². The van der Waals surface area contributed by atoms with Crippen molar-refractivity contribution in [2.24, 2.45) is 0 Å². The molecule has 1 aliphatic carbocycles. The lowest BCUT2D eigenvalue weighted by atomic mass is 9.95. The number of pyridine rings is 1. The number of aromatic nitrogens is 2. The number of nitrogens with zero attached hydrogens (tertiary/aromatic N) is 2. The van der Waals surface area contributed by atoms with Crippen LogP contribution in [0.1, 0.15) is 44.9 Å². The lowest BCUT2D eigenvalue weighted by Gasteiger charge is -2.22. The Morgan fingerprint density at radius 3 is 2.52 bits per heavy atom. The second-order valence-electron chi connectivity index (χ2n) is 6.91. The third-order valence-electron chi connectivity index (χ3n) is 4.58. The van der Waals surface area contributed by atoms with Gasteiger partial charge in [0.1, 0.15) is 0 Å². The highest BCUT2D eigenvalue weighted by atomic mass is 16.5. The van der Waals surface area contributed by atoms with Crippen LogP contribution in [0.25, 0.3) is 5.52 Å². The summed E-state index contributed by atoms with van der Waals surface area (Å²) in [5, 5.41) is 23.7. The van der Waals surface area contributed by atoms with Gasteiger partial charge < -0.3 is 20.3 Å². The second-order valence-corrected chi connectivity index (χ2v) is 6.91. The molecule has 8 heteroatoms. The van der Waals surface area contributed by atoms with Crippen molar-refractivity contribution in [1.82, 2.24) is 14.9 Å². The van der Waals surface area contributed by atoms with Crippen LogP contribution in [0.2, 0.25) is 0 Å². The van der Waals surface area contributed by atoms with Gasteiger partial charge in [-0.15, -0.1) is 5.10 Å². The van der Waals surface area contributed by atoms with Crippen LogP contribution in [0.4, 0.5) is 0 Å². The van der Waals surface area contributed by atoms with Crippen molar-refractivity contribution >= 4 is 17.5 Å². The number of fused-ring (bicyclic) bond motifs is 1. The van der Waals surface area contributed by atoms with E-state index in [9.17, 15) is 9.59 Å². The van der Waals surface area contributed by atoms with E-state index in [1.807, 2.05) is 35.0 Å². The minimum atomic E-state index is -1.26. The van der Waals surface area contributed by atoms with Crippen LogP contribution in [0.5, 0.6) is 5.88 Å². The first kappa shape index (κ1) is 22.4. The lowest BCUT2D eigenvalue weighted by Crippen LogP contribution is -2.31. The Kier molecular flexibility index (Phi) is 9.71. The van der Waals surface area contributed by atoms with Crippen LogP contribution in [0.15, 0.2) is 42.6 Å². The molecule has 2 aromatic rings. The summed E-state index contributed by atoms with van der Waals surface area (Å²) in [6.07, 6.45) is 12.2. The third kappa shape index (κ3) is 9.25. The van der Waals surface area contributed by atoms with Gasteiger partial charge >= 0.3 is 11.9 Å². The van der Waals surface area contributed by atoms with E-state index in [4.69, 9.17) is 14.9 Å². The Hall–Kier alpha value is -2.87. The van der Waals surface area contributed by atoms with Gasteiger partial charge in [0.25, 0.3) is 0 Å². The molecule has 1 aliphatic rings. The highest BCUT2D eigenvalue weighted by Gasteiger charge is 2.11. The molecule has 1 saturated carbocycles. The predicted molar refractivity (Wildman–Crippen MR) is 109 cm³/mol. The molecule has 0 atom stereocenters. The highest BCUT2D eigenvalue weighted by Crippen LogP contribution is 2.17. The van der Waals surface area contributed by atoms with Crippen LogP contribution < -0.4 is 10.1 Å². The monoisotopic (exact) mass is 403 g/mol. The van der Waals surface area contributed by atoms with E-state index >= 15 is 0 Å². The zero-order chi connectivity index (χ0) is 20.9. The first-order chi connectivity index (χ1) is 14.0. The van der Waals surface area contributed by atoms with E-state index < -0.39 is 11.9 Å². The van der Waals surface area contributed by atoms with Crippen LogP contribution in [-0.2, 0) is 9.59 Å². The molecule has 0 radical (unpaired) electrons. The standard InChI is InChI=1S/C17H25N3O.C4H4O4/c1-2-8-15(9-3-1)18-11-5-7-13-21-17-14-16-10-4-6-12-20(16)19-17;5-3(6)1-2-4(7)8/h4,6,10,12,14-15,18H,1-3,5,7-9,11,13H2;1-2H,(H,5,6)(H,7,8)/b;2-1-. The van der Waals surface area contributed by atoms with E-state index in [0.717, 1.165) is 37.0 Å². The number of hydrogen-bond donors (Lipinski definition) is 3. The zero-order valence-corrected chi connectivity index (χ0v) is 16.5. The molecule has 0 amide bonds. The molecular weight excluding hydrogens is 374 g/mol. The number of carboxylic acids is 2. The fraction of sp³-hybridized carbons (Fsp3) is 0.476. The summed E-state index contributed by atoms with van der Waals surface area (Å²) in [5.74, 6) is -1.79. The van der Waals surface area contributed by atoms with Crippen LogP contribution in [0, 0.1) is 0 Å². The minimum absolute atomic E-state index is 0.558. The molecule has 0 saturated heterocycles. The molecule has 2 aromatic heterocycles. The van der Waals surface area contributed by atoms with Crippen LogP contribution in [0.3, 0.4) is 0 Å². The van der Waals surface area contributed by atoms with Crippen molar-refractivity contribution in [2.75, 3.05) is 13.2 Å². The van der Waals surface area contributed by atoms with E-state index in [0.29, 0.717) is 12.2 Å². The summed E-state index contributed by atoms with van der Waals surface area (Å²) in [4.78, 5) is 19.1. The molecule has 2 heterocycles. The number of hydrogen-bond acceptors (Lipinski definition) is 5. The minimum Gasteiger partial charge on any atom is -0.478 e. The van der Waals surface area contributed by atoms with Gasteiger partial charge in [-0.25, -0.2) is 14.1 Å². The van der Waals surface area contributed by atoms with Crippen molar-refractivity contribution in [3.8, 4) is 5.88 Å². The van der Waals surface area contributed by atoms with Gasteiger partial charge in [0, 0.05) is 30.5 Å². The number of aliphatic carboxylic acids is 2. The number of nitrogens with one attached hydrogen (secondary N) is 1. The molecule has 0 aliphatic heterocycles. The lowest BCUT2D eigenvalue weighted by molar-refractivity contribution is -0.134. The van der Waals surface area contributed by atoms with E-state index in [1.54, 1.807) is 0 Å². The van der Waals surface area contributed by atoms with Gasteiger partial charge in [-0.1, -0.05) is 25.3 Å². The summed E-state index contributed by atoms with van der Waals surface area (Å²) in [7, 11) is 0. The zero-order valence-electron chi connectivity index (χ0n) is 16.5. The largest absolute Gasteiger partial charge is 0.478 e. The average Bonchev–Trinajstić information content (AvgIpc) is 3.13. The molecule has 3 rings (SSSR count). The number of carboxylic acid groups (broad SMARTS) is 2. The Morgan fingerprint density at radius 1 is 1.14 bits per heavy atom. The maximum Gasteiger partial charge on any atom is 0.328 e. The van der Waals surface area contributed by atoms with E-state index in [2.05, 4.69) is 10.4 Å².